The minimum absolute atomic E-state index is 0.109. The lowest BCUT2D eigenvalue weighted by atomic mass is 9.98. The van der Waals surface area contributed by atoms with E-state index >= 15 is 0 Å². The number of amides is 3. The highest BCUT2D eigenvalue weighted by Gasteiger charge is 2.34. The molecule has 39 heavy (non-hydrogen) atoms. The van der Waals surface area contributed by atoms with Gasteiger partial charge in [0.15, 0.2) is 5.37 Å². The van der Waals surface area contributed by atoms with Crippen molar-refractivity contribution in [3.8, 4) is 11.1 Å². The summed E-state index contributed by atoms with van der Waals surface area (Å²) in [6, 6.07) is 21.6. The van der Waals surface area contributed by atoms with Gasteiger partial charge in [-0.15, -0.1) is 11.8 Å². The van der Waals surface area contributed by atoms with Gasteiger partial charge in [-0.1, -0.05) is 60.3 Å². The quantitative estimate of drug-likeness (QED) is 0.346. The zero-order valence-electron chi connectivity index (χ0n) is 22.6. The van der Waals surface area contributed by atoms with E-state index in [1.165, 1.54) is 11.8 Å². The van der Waals surface area contributed by atoms with Crippen molar-refractivity contribution in [1.29, 1.82) is 0 Å². The van der Waals surface area contributed by atoms with Gasteiger partial charge in [-0.25, -0.2) is 0 Å². The number of hydrogen-bond acceptors (Lipinski definition) is 6. The minimum atomic E-state index is -1.11. The summed E-state index contributed by atoms with van der Waals surface area (Å²) < 4.78 is 0. The summed E-state index contributed by atoms with van der Waals surface area (Å²) in [5.41, 5.74) is 9.27. The Kier molecular flexibility index (Phi) is 9.04. The number of hydrogen-bond donors (Lipinski definition) is 3. The number of nitrogens with two attached hydrogens (primary N) is 1. The Labute approximate surface area is 238 Å². The molecule has 0 aliphatic carbocycles. The van der Waals surface area contributed by atoms with Crippen LogP contribution in [-0.4, -0.2) is 46.3 Å². The highest BCUT2D eigenvalue weighted by molar-refractivity contribution is 8.01. The van der Waals surface area contributed by atoms with Crippen molar-refractivity contribution in [2.24, 2.45) is 5.73 Å². The molecule has 3 aromatic rings. The van der Waals surface area contributed by atoms with Crippen LogP contribution in [0.3, 0.4) is 0 Å². The van der Waals surface area contributed by atoms with Gasteiger partial charge in [-0.3, -0.25) is 14.4 Å². The second kappa shape index (κ2) is 12.3. The Morgan fingerprint density at radius 3 is 2.49 bits per heavy atom. The predicted molar refractivity (Wildman–Crippen MR) is 158 cm³/mol. The number of carbonyl (C=O) groups excluding carboxylic acids is 3. The van der Waals surface area contributed by atoms with E-state index < -0.39 is 10.9 Å². The smallest absolute Gasteiger partial charge is 0.256 e. The third-order valence-electron chi connectivity index (χ3n) is 6.41. The topological polar surface area (TPSA) is 105 Å². The average molecular weight is 563 g/mol. The van der Waals surface area contributed by atoms with Crippen molar-refractivity contribution < 1.29 is 14.4 Å². The van der Waals surface area contributed by atoms with Crippen molar-refractivity contribution in [3.63, 3.8) is 0 Å². The maximum Gasteiger partial charge on any atom is 0.256 e. The van der Waals surface area contributed by atoms with Crippen LogP contribution in [0.1, 0.15) is 42.3 Å². The third-order valence-corrected chi connectivity index (χ3v) is 8.33. The summed E-state index contributed by atoms with van der Waals surface area (Å²) in [4.78, 5) is 42.8. The average Bonchev–Trinajstić information content (AvgIpc) is 3.04. The molecule has 1 heterocycles. The van der Waals surface area contributed by atoms with E-state index in [4.69, 9.17) is 5.73 Å². The molecule has 0 saturated carbocycles. The van der Waals surface area contributed by atoms with E-state index in [2.05, 4.69) is 22.8 Å². The van der Waals surface area contributed by atoms with Crippen molar-refractivity contribution in [2.75, 3.05) is 12.8 Å². The van der Waals surface area contributed by atoms with E-state index in [0.29, 0.717) is 25.2 Å². The molecule has 0 aromatic heterocycles. The summed E-state index contributed by atoms with van der Waals surface area (Å²) in [5, 5.41) is 4.94. The highest BCUT2D eigenvalue weighted by Crippen LogP contribution is 2.35. The molecular formula is C30H34N4O3S2. The fraction of sp³-hybridized carbons (Fsp3) is 0.300. The third kappa shape index (κ3) is 6.84. The van der Waals surface area contributed by atoms with Gasteiger partial charge in [0.25, 0.3) is 11.8 Å². The first-order valence-electron chi connectivity index (χ1n) is 12.8. The van der Waals surface area contributed by atoms with E-state index in [1.54, 1.807) is 30.5 Å². The highest BCUT2D eigenvalue weighted by atomic mass is 32.2. The number of rotatable bonds is 8. The zero-order chi connectivity index (χ0) is 28.2. The molecule has 3 amide bonds. The van der Waals surface area contributed by atoms with Crippen molar-refractivity contribution in [1.82, 2.24) is 15.5 Å². The summed E-state index contributed by atoms with van der Waals surface area (Å²) in [5.74, 6) is -0.667. The molecule has 1 aliphatic heterocycles. The van der Waals surface area contributed by atoms with E-state index in [-0.39, 0.29) is 17.7 Å². The minimum Gasteiger partial charge on any atom is -0.352 e. The molecule has 4 N–H and O–H groups in total. The monoisotopic (exact) mass is 562 g/mol. The van der Waals surface area contributed by atoms with Crippen LogP contribution in [0, 0.1) is 0 Å². The number of nitrogens with zero attached hydrogens (tertiary/aromatic N) is 1. The van der Waals surface area contributed by atoms with Gasteiger partial charge in [0, 0.05) is 35.0 Å². The van der Waals surface area contributed by atoms with Gasteiger partial charge in [0.2, 0.25) is 5.91 Å². The normalized spacial score (nSPS) is 15.4. The molecular weight excluding hydrogens is 528 g/mol. The number of thioether (sulfide) groups is 2. The first kappa shape index (κ1) is 28.7. The van der Waals surface area contributed by atoms with Crippen LogP contribution in [-0.2, 0) is 22.7 Å². The molecule has 1 atom stereocenters. The Balaban J connectivity index is 1.61. The van der Waals surface area contributed by atoms with Crippen LogP contribution in [0.4, 0.5) is 0 Å². The Morgan fingerprint density at radius 1 is 1.10 bits per heavy atom. The van der Waals surface area contributed by atoms with Crippen LogP contribution >= 0.6 is 23.5 Å². The molecule has 7 nitrogen and oxygen atoms in total. The lowest BCUT2D eigenvalue weighted by Gasteiger charge is -2.27. The standard InChI is InChI=1S/C30H34N4O3S2/c1-5-32-26(35)24-9-7-6-8-23(24)20-12-10-19(11-13-20)17-34-18-21-14-15-22(38-4)16-25(21)39-27(28(34)36)33-29(37)30(2,3)31/h6-16,27H,5,17-18,31H2,1-4H3,(H,32,35)(H,33,37)/t27-/m1/s1. The van der Waals surface area contributed by atoms with Gasteiger partial charge >= 0.3 is 0 Å². The molecule has 4 rings (SSSR count). The molecule has 1 aliphatic rings. The SMILES string of the molecule is CCNC(=O)c1ccccc1-c1ccc(CN2Cc3ccc(SC)cc3S[C@@H](NC(=O)C(C)(C)N)C2=O)cc1. The lowest BCUT2D eigenvalue weighted by molar-refractivity contribution is -0.135. The van der Waals surface area contributed by atoms with Gasteiger partial charge in [0.1, 0.15) is 0 Å². The van der Waals surface area contributed by atoms with Crippen molar-refractivity contribution in [2.45, 2.75) is 54.6 Å². The van der Waals surface area contributed by atoms with Crippen LogP contribution in [0.15, 0.2) is 76.5 Å². The second-order valence-electron chi connectivity index (χ2n) is 9.96. The number of nitrogens with one attached hydrogen (secondary N) is 2. The maximum atomic E-state index is 13.7. The molecule has 0 radical (unpaired) electrons. The fourth-order valence-corrected chi connectivity index (χ4v) is 5.92. The molecule has 9 heteroatoms. The van der Waals surface area contributed by atoms with Crippen LogP contribution in [0.5, 0.6) is 0 Å². The largest absolute Gasteiger partial charge is 0.352 e. The van der Waals surface area contributed by atoms with Crippen molar-refractivity contribution >= 4 is 41.2 Å². The van der Waals surface area contributed by atoms with Gasteiger partial charge in [-0.05, 0) is 67.5 Å². The predicted octanol–water partition coefficient (Wildman–Crippen LogP) is 4.64. The van der Waals surface area contributed by atoms with E-state index in [1.807, 2.05) is 67.8 Å². The summed E-state index contributed by atoms with van der Waals surface area (Å²) in [7, 11) is 0. The summed E-state index contributed by atoms with van der Waals surface area (Å²) in [6.07, 6.45) is 2.01. The second-order valence-corrected chi connectivity index (χ2v) is 12.0. The zero-order valence-corrected chi connectivity index (χ0v) is 24.2. The number of benzene rings is 3. The Hall–Kier alpha value is -3.27. The molecule has 0 saturated heterocycles. The molecule has 0 unspecified atom stereocenters. The molecule has 0 bridgehead atoms. The summed E-state index contributed by atoms with van der Waals surface area (Å²) >= 11 is 2.98. The van der Waals surface area contributed by atoms with Gasteiger partial charge < -0.3 is 21.3 Å². The van der Waals surface area contributed by atoms with E-state index in [0.717, 1.165) is 32.0 Å². The molecule has 3 aromatic carbocycles. The number of fused-ring (bicyclic) bond motifs is 1. The number of carbonyl (C=O) groups is 3. The van der Waals surface area contributed by atoms with Crippen LogP contribution in [0.2, 0.25) is 0 Å². The van der Waals surface area contributed by atoms with Gasteiger partial charge in [-0.2, -0.15) is 0 Å². The maximum absolute atomic E-state index is 13.7. The first-order valence-corrected chi connectivity index (χ1v) is 14.9. The molecule has 0 spiro atoms. The van der Waals surface area contributed by atoms with Crippen LogP contribution < -0.4 is 16.4 Å². The molecule has 204 valence electrons. The fourth-order valence-electron chi connectivity index (χ4n) is 4.26. The van der Waals surface area contributed by atoms with Crippen molar-refractivity contribution in [3.05, 3.63) is 83.4 Å². The van der Waals surface area contributed by atoms with Crippen LogP contribution in [0.25, 0.3) is 11.1 Å². The van der Waals surface area contributed by atoms with Gasteiger partial charge in [0.05, 0.1) is 5.54 Å². The molecule has 0 fully saturated rings. The van der Waals surface area contributed by atoms with E-state index in [9.17, 15) is 14.4 Å². The first-order chi connectivity index (χ1) is 18.6. The Bertz CT molecular complexity index is 1370. The lowest BCUT2D eigenvalue weighted by Crippen LogP contribution is -2.54. The summed E-state index contributed by atoms with van der Waals surface area (Å²) in [6.45, 7) is 6.50. The Morgan fingerprint density at radius 2 is 1.82 bits per heavy atom.